The maximum absolute atomic E-state index is 11.2. The number of carbonyl (C=O) groups is 1. The van der Waals surface area contributed by atoms with Crippen molar-refractivity contribution >= 4 is 5.78 Å². The Morgan fingerprint density at radius 2 is 1.76 bits per heavy atom. The first-order chi connectivity index (χ1) is 8.00. The number of hydrogen-bond acceptors (Lipinski definition) is 2. The molecule has 1 aromatic carbocycles. The molecule has 0 saturated carbocycles. The molecule has 0 radical (unpaired) electrons. The average molecular weight is 228 g/mol. The van der Waals surface area contributed by atoms with Gasteiger partial charge in [-0.2, -0.15) is 5.10 Å². The van der Waals surface area contributed by atoms with E-state index in [1.54, 1.807) is 6.92 Å². The minimum atomic E-state index is 0.0937. The van der Waals surface area contributed by atoms with Crippen molar-refractivity contribution in [2.45, 2.75) is 20.8 Å². The third-order valence-corrected chi connectivity index (χ3v) is 3.09. The third kappa shape index (κ3) is 2.00. The van der Waals surface area contributed by atoms with Gasteiger partial charge in [-0.3, -0.25) is 9.48 Å². The Bertz CT molecular complexity index is 565. The summed E-state index contributed by atoms with van der Waals surface area (Å²) in [6.07, 6.45) is 0. The first kappa shape index (κ1) is 11.6. The van der Waals surface area contributed by atoms with Crippen molar-refractivity contribution in [3.8, 4) is 11.1 Å². The van der Waals surface area contributed by atoms with Gasteiger partial charge in [0.25, 0.3) is 0 Å². The van der Waals surface area contributed by atoms with Crippen molar-refractivity contribution in [2.75, 3.05) is 0 Å². The Morgan fingerprint density at radius 1 is 1.18 bits per heavy atom. The summed E-state index contributed by atoms with van der Waals surface area (Å²) in [5.74, 6) is 0.0937. The molecule has 3 heteroatoms. The number of ketones is 1. The fourth-order valence-electron chi connectivity index (χ4n) is 2.06. The van der Waals surface area contributed by atoms with E-state index in [1.165, 1.54) is 0 Å². The number of Topliss-reactive ketones (excluding diaryl/α,β-unsaturated/α-hetero) is 1. The minimum Gasteiger partial charge on any atom is -0.295 e. The predicted molar refractivity (Wildman–Crippen MR) is 68.1 cm³/mol. The molecular weight excluding hydrogens is 212 g/mol. The molecule has 3 nitrogen and oxygen atoms in total. The summed E-state index contributed by atoms with van der Waals surface area (Å²) < 4.78 is 1.88. The van der Waals surface area contributed by atoms with E-state index in [0.717, 1.165) is 28.1 Å². The fourth-order valence-corrected chi connectivity index (χ4v) is 2.06. The molecule has 2 rings (SSSR count). The highest BCUT2D eigenvalue weighted by Crippen LogP contribution is 2.26. The summed E-state index contributed by atoms with van der Waals surface area (Å²) in [6, 6.07) is 7.69. The molecule has 17 heavy (non-hydrogen) atoms. The number of benzene rings is 1. The summed E-state index contributed by atoms with van der Waals surface area (Å²) >= 11 is 0. The van der Waals surface area contributed by atoms with E-state index in [1.807, 2.05) is 49.8 Å². The van der Waals surface area contributed by atoms with Gasteiger partial charge in [-0.1, -0.05) is 24.3 Å². The Balaban J connectivity index is 2.50. The Labute approximate surface area is 101 Å². The maximum Gasteiger partial charge on any atom is 0.159 e. The summed E-state index contributed by atoms with van der Waals surface area (Å²) in [5.41, 5.74) is 5.16. The van der Waals surface area contributed by atoms with E-state index in [2.05, 4.69) is 5.10 Å². The van der Waals surface area contributed by atoms with Crippen LogP contribution in [-0.4, -0.2) is 15.6 Å². The van der Waals surface area contributed by atoms with Gasteiger partial charge in [0, 0.05) is 23.9 Å². The zero-order valence-corrected chi connectivity index (χ0v) is 10.6. The number of carbonyl (C=O) groups excluding carboxylic acids is 1. The van der Waals surface area contributed by atoms with Gasteiger partial charge in [-0.25, -0.2) is 0 Å². The molecule has 1 aromatic heterocycles. The molecule has 0 bridgehead atoms. The lowest BCUT2D eigenvalue weighted by molar-refractivity contribution is 0.101. The lowest BCUT2D eigenvalue weighted by Crippen LogP contribution is -1.93. The van der Waals surface area contributed by atoms with E-state index >= 15 is 0 Å². The number of hydrogen-bond donors (Lipinski definition) is 0. The van der Waals surface area contributed by atoms with Crippen LogP contribution < -0.4 is 0 Å². The van der Waals surface area contributed by atoms with E-state index < -0.39 is 0 Å². The first-order valence-electron chi connectivity index (χ1n) is 5.62. The number of aryl methyl sites for hydroxylation is 2. The topological polar surface area (TPSA) is 34.9 Å². The monoisotopic (exact) mass is 228 g/mol. The zero-order valence-electron chi connectivity index (χ0n) is 10.6. The van der Waals surface area contributed by atoms with Gasteiger partial charge in [0.1, 0.15) is 0 Å². The molecule has 0 N–H and O–H groups in total. The highest BCUT2D eigenvalue weighted by Gasteiger charge is 2.11. The van der Waals surface area contributed by atoms with Crippen molar-refractivity contribution in [2.24, 2.45) is 7.05 Å². The van der Waals surface area contributed by atoms with Gasteiger partial charge >= 0.3 is 0 Å². The van der Waals surface area contributed by atoms with Crippen LogP contribution in [0.15, 0.2) is 24.3 Å². The molecule has 0 atom stereocenters. The van der Waals surface area contributed by atoms with Crippen LogP contribution in [0.4, 0.5) is 0 Å². The largest absolute Gasteiger partial charge is 0.295 e. The van der Waals surface area contributed by atoms with E-state index in [4.69, 9.17) is 0 Å². The Hall–Kier alpha value is -1.90. The molecule has 0 aliphatic carbocycles. The molecule has 0 unspecified atom stereocenters. The molecule has 0 amide bonds. The van der Waals surface area contributed by atoms with E-state index in [0.29, 0.717) is 0 Å². The Kier molecular flexibility index (Phi) is 2.84. The smallest absolute Gasteiger partial charge is 0.159 e. The van der Waals surface area contributed by atoms with E-state index in [-0.39, 0.29) is 5.78 Å². The van der Waals surface area contributed by atoms with Gasteiger partial charge in [-0.05, 0) is 26.3 Å². The summed E-state index contributed by atoms with van der Waals surface area (Å²) in [4.78, 5) is 11.2. The fraction of sp³-hybridized carbons (Fsp3) is 0.286. The molecule has 0 fully saturated rings. The SMILES string of the molecule is CC(=O)c1ccc(-c2c(C)nn(C)c2C)cc1. The van der Waals surface area contributed by atoms with Crippen LogP contribution in [0.5, 0.6) is 0 Å². The lowest BCUT2D eigenvalue weighted by atomic mass is 10.0. The van der Waals surface area contributed by atoms with Gasteiger partial charge in [0.05, 0.1) is 5.69 Å². The number of nitrogens with zero attached hydrogens (tertiary/aromatic N) is 2. The first-order valence-corrected chi connectivity index (χ1v) is 5.62. The van der Waals surface area contributed by atoms with Gasteiger partial charge < -0.3 is 0 Å². The second-order valence-electron chi connectivity index (χ2n) is 4.30. The minimum absolute atomic E-state index is 0.0937. The molecular formula is C14H16N2O. The van der Waals surface area contributed by atoms with Crippen LogP contribution in [0.3, 0.4) is 0 Å². The normalized spacial score (nSPS) is 10.6. The van der Waals surface area contributed by atoms with Crippen LogP contribution >= 0.6 is 0 Å². The van der Waals surface area contributed by atoms with Gasteiger partial charge in [0.2, 0.25) is 0 Å². The molecule has 0 aliphatic rings. The van der Waals surface area contributed by atoms with Gasteiger partial charge in [0.15, 0.2) is 5.78 Å². The molecule has 0 aliphatic heterocycles. The maximum atomic E-state index is 11.2. The Morgan fingerprint density at radius 3 is 2.18 bits per heavy atom. The quantitative estimate of drug-likeness (QED) is 0.741. The second-order valence-corrected chi connectivity index (χ2v) is 4.30. The number of aromatic nitrogens is 2. The van der Waals surface area contributed by atoms with Gasteiger partial charge in [-0.15, -0.1) is 0 Å². The second kappa shape index (κ2) is 4.17. The highest BCUT2D eigenvalue weighted by atomic mass is 16.1. The average Bonchev–Trinajstić information content (AvgIpc) is 2.53. The third-order valence-electron chi connectivity index (χ3n) is 3.09. The highest BCUT2D eigenvalue weighted by molar-refractivity contribution is 5.94. The molecule has 1 heterocycles. The molecule has 0 spiro atoms. The van der Waals surface area contributed by atoms with Crippen molar-refractivity contribution in [1.29, 1.82) is 0 Å². The van der Waals surface area contributed by atoms with Crippen LogP contribution in [0.2, 0.25) is 0 Å². The van der Waals surface area contributed by atoms with Crippen molar-refractivity contribution in [3.63, 3.8) is 0 Å². The number of rotatable bonds is 2. The predicted octanol–water partition coefficient (Wildman–Crippen LogP) is 2.91. The van der Waals surface area contributed by atoms with Crippen LogP contribution in [0.25, 0.3) is 11.1 Å². The standard InChI is InChI=1S/C14H16N2O/c1-9-14(10(2)16(4)15-9)13-7-5-12(6-8-13)11(3)17/h5-8H,1-4H3. The molecule has 0 saturated heterocycles. The lowest BCUT2D eigenvalue weighted by Gasteiger charge is -2.03. The summed E-state index contributed by atoms with van der Waals surface area (Å²) in [7, 11) is 1.94. The van der Waals surface area contributed by atoms with Crippen LogP contribution in [0, 0.1) is 13.8 Å². The zero-order chi connectivity index (χ0) is 12.6. The summed E-state index contributed by atoms with van der Waals surface area (Å²) in [5, 5.41) is 4.39. The van der Waals surface area contributed by atoms with Crippen molar-refractivity contribution in [1.82, 2.24) is 9.78 Å². The molecule has 2 aromatic rings. The molecule has 88 valence electrons. The van der Waals surface area contributed by atoms with Crippen LogP contribution in [0.1, 0.15) is 28.7 Å². The van der Waals surface area contributed by atoms with E-state index in [9.17, 15) is 4.79 Å². The summed E-state index contributed by atoms with van der Waals surface area (Å²) in [6.45, 7) is 5.63. The van der Waals surface area contributed by atoms with Crippen LogP contribution in [-0.2, 0) is 7.05 Å². The van der Waals surface area contributed by atoms with Crippen molar-refractivity contribution in [3.05, 3.63) is 41.2 Å². The van der Waals surface area contributed by atoms with Crippen molar-refractivity contribution < 1.29 is 4.79 Å².